The van der Waals surface area contributed by atoms with Crippen LogP contribution in [0.1, 0.15) is 24.0 Å². The zero-order chi connectivity index (χ0) is 23.0. The minimum Gasteiger partial charge on any atom is -0.379 e. The van der Waals surface area contributed by atoms with Crippen LogP contribution in [0.25, 0.3) is 0 Å². The number of carbonyl (C=O) groups excluding carboxylic acids is 2. The number of morpholine rings is 1. The monoisotopic (exact) mass is 469 g/mol. The molecule has 2 fully saturated rings. The first kappa shape index (κ1) is 22.1. The maximum Gasteiger partial charge on any atom is 0.243 e. The summed E-state index contributed by atoms with van der Waals surface area (Å²) < 4.78 is 32.5. The van der Waals surface area contributed by atoms with Gasteiger partial charge in [0.2, 0.25) is 21.8 Å². The van der Waals surface area contributed by atoms with Gasteiger partial charge in [-0.25, -0.2) is 8.42 Å². The number of hydrogen-bond acceptors (Lipinski definition) is 5. The molecule has 2 heterocycles. The second-order valence-electron chi connectivity index (χ2n) is 8.75. The number of aryl methyl sites for hydroxylation is 2. The van der Waals surface area contributed by atoms with Crippen molar-refractivity contribution in [3.8, 4) is 0 Å². The molecule has 0 spiro atoms. The van der Waals surface area contributed by atoms with Crippen molar-refractivity contribution in [1.82, 2.24) is 4.31 Å². The van der Waals surface area contributed by atoms with Crippen LogP contribution in [0.15, 0.2) is 47.4 Å². The van der Waals surface area contributed by atoms with Gasteiger partial charge in [-0.1, -0.05) is 12.1 Å². The average Bonchev–Trinajstić information content (AvgIpc) is 3.45. The first-order valence-electron chi connectivity index (χ1n) is 11.3. The second kappa shape index (κ2) is 8.89. The van der Waals surface area contributed by atoms with Crippen molar-refractivity contribution in [3.63, 3.8) is 0 Å². The summed E-state index contributed by atoms with van der Waals surface area (Å²) in [6.45, 7) is 1.66. The molecule has 2 aromatic rings. The number of amides is 2. The van der Waals surface area contributed by atoms with E-state index in [1.54, 1.807) is 17.0 Å². The smallest absolute Gasteiger partial charge is 0.243 e. The molecule has 174 valence electrons. The van der Waals surface area contributed by atoms with Gasteiger partial charge in [-0.3, -0.25) is 9.59 Å². The Kier molecular flexibility index (Phi) is 5.94. The fraction of sp³-hybridized carbons (Fsp3) is 0.417. The van der Waals surface area contributed by atoms with Gasteiger partial charge in [-0.05, 0) is 60.7 Å². The zero-order valence-electron chi connectivity index (χ0n) is 18.3. The third-order valence-electron chi connectivity index (χ3n) is 6.60. The van der Waals surface area contributed by atoms with Crippen LogP contribution in [0, 0.1) is 5.92 Å². The topological polar surface area (TPSA) is 96.0 Å². The number of benzene rings is 2. The Labute approximate surface area is 193 Å². The SMILES string of the molecule is O=C(Nc1cccc(S(=O)(=O)N2CCOCC2)c1)C1CC(=O)N(c2ccc3c(c2)CCC3)C1. The lowest BCUT2D eigenvalue weighted by molar-refractivity contribution is -0.122. The number of fused-ring (bicyclic) bond motifs is 1. The molecule has 5 rings (SSSR count). The highest BCUT2D eigenvalue weighted by Crippen LogP contribution is 2.31. The minimum atomic E-state index is -3.66. The van der Waals surface area contributed by atoms with E-state index in [2.05, 4.69) is 17.4 Å². The molecule has 33 heavy (non-hydrogen) atoms. The van der Waals surface area contributed by atoms with E-state index < -0.39 is 15.9 Å². The predicted octanol–water partition coefficient (Wildman–Crippen LogP) is 2.19. The minimum absolute atomic E-state index is 0.0725. The summed E-state index contributed by atoms with van der Waals surface area (Å²) in [7, 11) is -3.66. The van der Waals surface area contributed by atoms with E-state index in [0.29, 0.717) is 38.5 Å². The van der Waals surface area contributed by atoms with Crippen molar-refractivity contribution in [1.29, 1.82) is 0 Å². The first-order valence-corrected chi connectivity index (χ1v) is 12.8. The zero-order valence-corrected chi connectivity index (χ0v) is 19.1. The standard InChI is InChI=1S/C24H27N3O5S/c28-23-14-19(16-27(23)21-8-7-17-3-1-4-18(17)13-21)24(29)25-20-5-2-6-22(15-20)33(30,31)26-9-11-32-12-10-26/h2,5-8,13,15,19H,1,3-4,9-12,14,16H2,(H,25,29). The summed E-state index contributed by atoms with van der Waals surface area (Å²) in [5.41, 5.74) is 3.87. The highest BCUT2D eigenvalue weighted by atomic mass is 32.2. The van der Waals surface area contributed by atoms with Gasteiger partial charge < -0.3 is 15.0 Å². The molecule has 0 aromatic heterocycles. The summed E-state index contributed by atoms with van der Waals surface area (Å²) >= 11 is 0. The van der Waals surface area contributed by atoms with Crippen LogP contribution in [0.4, 0.5) is 11.4 Å². The van der Waals surface area contributed by atoms with Crippen molar-refractivity contribution >= 4 is 33.2 Å². The number of rotatable bonds is 5. The Morgan fingerprint density at radius 2 is 1.82 bits per heavy atom. The fourth-order valence-corrected chi connectivity index (χ4v) is 6.23. The van der Waals surface area contributed by atoms with Gasteiger partial charge in [-0.2, -0.15) is 4.31 Å². The quantitative estimate of drug-likeness (QED) is 0.724. The Balaban J connectivity index is 1.27. The van der Waals surface area contributed by atoms with Gasteiger partial charge in [0.25, 0.3) is 0 Å². The first-order chi connectivity index (χ1) is 15.9. The van der Waals surface area contributed by atoms with Crippen LogP contribution in [-0.4, -0.2) is 57.4 Å². The molecule has 2 aliphatic heterocycles. The molecular weight excluding hydrogens is 442 g/mol. The normalized spacial score (nSPS) is 21.3. The third kappa shape index (κ3) is 4.40. The fourth-order valence-electron chi connectivity index (χ4n) is 4.77. The van der Waals surface area contributed by atoms with Crippen molar-refractivity contribution in [3.05, 3.63) is 53.6 Å². The molecule has 1 N–H and O–H groups in total. The number of hydrogen-bond donors (Lipinski definition) is 1. The van der Waals surface area contributed by atoms with Gasteiger partial charge in [0, 0.05) is 37.4 Å². The van der Waals surface area contributed by atoms with Crippen molar-refractivity contribution < 1.29 is 22.7 Å². The highest BCUT2D eigenvalue weighted by Gasteiger charge is 2.35. The molecule has 2 aromatic carbocycles. The maximum atomic E-state index is 12.9. The van der Waals surface area contributed by atoms with Crippen LogP contribution in [-0.2, 0) is 37.2 Å². The number of nitrogens with one attached hydrogen (secondary N) is 1. The number of ether oxygens (including phenoxy) is 1. The van der Waals surface area contributed by atoms with Crippen LogP contribution in [0.3, 0.4) is 0 Å². The molecule has 0 saturated carbocycles. The van der Waals surface area contributed by atoms with Crippen molar-refractivity contribution in [2.75, 3.05) is 43.1 Å². The molecule has 0 radical (unpaired) electrons. The average molecular weight is 470 g/mol. The Bertz CT molecular complexity index is 1190. The molecule has 9 heteroatoms. The summed E-state index contributed by atoms with van der Waals surface area (Å²) in [6, 6.07) is 12.4. The van der Waals surface area contributed by atoms with Crippen LogP contribution in [0.2, 0.25) is 0 Å². The predicted molar refractivity (Wildman–Crippen MR) is 124 cm³/mol. The lowest BCUT2D eigenvalue weighted by Gasteiger charge is -2.26. The molecule has 2 amide bonds. The number of anilines is 2. The lowest BCUT2D eigenvalue weighted by Crippen LogP contribution is -2.40. The van der Waals surface area contributed by atoms with Crippen LogP contribution >= 0.6 is 0 Å². The van der Waals surface area contributed by atoms with Crippen molar-refractivity contribution in [2.24, 2.45) is 5.92 Å². The largest absolute Gasteiger partial charge is 0.379 e. The molecule has 8 nitrogen and oxygen atoms in total. The van der Waals surface area contributed by atoms with E-state index in [9.17, 15) is 18.0 Å². The number of nitrogens with zero attached hydrogens (tertiary/aromatic N) is 2. The van der Waals surface area contributed by atoms with E-state index in [1.165, 1.54) is 27.6 Å². The molecule has 2 saturated heterocycles. The Hall–Kier alpha value is -2.75. The number of carbonyl (C=O) groups is 2. The van der Waals surface area contributed by atoms with E-state index in [1.807, 2.05) is 6.07 Å². The third-order valence-corrected chi connectivity index (χ3v) is 8.49. The lowest BCUT2D eigenvalue weighted by atomic mass is 10.1. The van der Waals surface area contributed by atoms with Gasteiger partial charge in [0.05, 0.1) is 24.0 Å². The maximum absolute atomic E-state index is 12.9. The van der Waals surface area contributed by atoms with E-state index in [4.69, 9.17) is 4.74 Å². The Morgan fingerprint density at radius 3 is 2.64 bits per heavy atom. The molecule has 1 atom stereocenters. The summed E-state index contributed by atoms with van der Waals surface area (Å²) in [5.74, 6) is -0.852. The van der Waals surface area contributed by atoms with Gasteiger partial charge in [0.15, 0.2) is 0 Å². The second-order valence-corrected chi connectivity index (χ2v) is 10.7. The molecule has 0 bridgehead atoms. The van der Waals surface area contributed by atoms with E-state index in [0.717, 1.165) is 24.9 Å². The van der Waals surface area contributed by atoms with Crippen LogP contribution in [0.5, 0.6) is 0 Å². The van der Waals surface area contributed by atoms with Gasteiger partial charge in [-0.15, -0.1) is 0 Å². The summed E-state index contributed by atoms with van der Waals surface area (Å²) in [5, 5.41) is 2.81. The van der Waals surface area contributed by atoms with E-state index >= 15 is 0 Å². The molecule has 1 unspecified atom stereocenters. The van der Waals surface area contributed by atoms with Crippen molar-refractivity contribution in [2.45, 2.75) is 30.6 Å². The summed E-state index contributed by atoms with van der Waals surface area (Å²) in [4.78, 5) is 27.4. The van der Waals surface area contributed by atoms with Gasteiger partial charge in [0.1, 0.15) is 0 Å². The van der Waals surface area contributed by atoms with Crippen LogP contribution < -0.4 is 10.2 Å². The molecule has 3 aliphatic rings. The highest BCUT2D eigenvalue weighted by molar-refractivity contribution is 7.89. The van der Waals surface area contributed by atoms with E-state index in [-0.39, 0.29) is 23.1 Å². The Morgan fingerprint density at radius 1 is 1.03 bits per heavy atom. The molecular formula is C24H27N3O5S. The number of sulfonamides is 1. The summed E-state index contributed by atoms with van der Waals surface area (Å²) in [6.07, 6.45) is 3.38. The van der Waals surface area contributed by atoms with Gasteiger partial charge >= 0.3 is 0 Å². The molecule has 1 aliphatic carbocycles.